The van der Waals surface area contributed by atoms with Crippen molar-refractivity contribution in [3.63, 3.8) is 0 Å². The molecule has 0 aliphatic heterocycles. The van der Waals surface area contributed by atoms with Crippen molar-refractivity contribution in [1.29, 1.82) is 0 Å². The van der Waals surface area contributed by atoms with Crippen LogP contribution in [0.25, 0.3) is 10.8 Å². The molecule has 0 radical (unpaired) electrons. The molecule has 1 amide bonds. The van der Waals surface area contributed by atoms with Crippen LogP contribution in [-0.4, -0.2) is 16.9 Å². The molecule has 1 fully saturated rings. The number of rotatable bonds is 5. The summed E-state index contributed by atoms with van der Waals surface area (Å²) in [5, 5.41) is 5.77. The Morgan fingerprint density at radius 3 is 3.16 bits per heavy atom. The van der Waals surface area contributed by atoms with Gasteiger partial charge in [-0.2, -0.15) is 0 Å². The van der Waals surface area contributed by atoms with Crippen LogP contribution in [0, 0.1) is 5.92 Å². The number of furan rings is 1. The van der Waals surface area contributed by atoms with Crippen LogP contribution in [0.1, 0.15) is 25.5 Å². The molecule has 1 N–H and O–H groups in total. The molecule has 0 unspecified atom stereocenters. The Labute approximate surface area is 115 Å². The summed E-state index contributed by atoms with van der Waals surface area (Å²) in [4.78, 5) is 16.3. The first-order valence-corrected chi connectivity index (χ1v) is 7.38. The minimum Gasteiger partial charge on any atom is -0.462 e. The number of aromatic nitrogens is 1. The molecule has 0 bridgehead atoms. The van der Waals surface area contributed by atoms with E-state index in [-0.39, 0.29) is 11.9 Å². The van der Waals surface area contributed by atoms with E-state index in [1.54, 1.807) is 6.26 Å². The van der Waals surface area contributed by atoms with Crippen LogP contribution in [0.3, 0.4) is 0 Å². The molecule has 2 aromatic heterocycles. The van der Waals surface area contributed by atoms with Crippen LogP contribution in [0.4, 0.5) is 0 Å². The van der Waals surface area contributed by atoms with Gasteiger partial charge in [-0.3, -0.25) is 4.79 Å². The highest BCUT2D eigenvalue weighted by Crippen LogP contribution is 2.32. The highest BCUT2D eigenvalue weighted by Gasteiger charge is 2.28. The lowest BCUT2D eigenvalue weighted by Gasteiger charge is -2.11. The van der Waals surface area contributed by atoms with E-state index in [0.717, 1.165) is 16.5 Å². The lowest BCUT2D eigenvalue weighted by Crippen LogP contribution is -2.35. The van der Waals surface area contributed by atoms with Crippen LogP contribution < -0.4 is 5.32 Å². The summed E-state index contributed by atoms with van der Waals surface area (Å²) in [6.07, 6.45) is 4.44. The minimum absolute atomic E-state index is 0.0516. The van der Waals surface area contributed by atoms with Gasteiger partial charge in [-0.05, 0) is 37.8 Å². The topological polar surface area (TPSA) is 55.1 Å². The van der Waals surface area contributed by atoms with E-state index in [2.05, 4.69) is 17.2 Å². The van der Waals surface area contributed by atoms with Crippen molar-refractivity contribution in [3.8, 4) is 10.8 Å². The lowest BCUT2D eigenvalue weighted by molar-refractivity contribution is -0.121. The molecule has 1 atom stereocenters. The smallest absolute Gasteiger partial charge is 0.226 e. The van der Waals surface area contributed by atoms with E-state index in [0.29, 0.717) is 12.3 Å². The van der Waals surface area contributed by atoms with Crippen LogP contribution in [0.15, 0.2) is 28.2 Å². The molecule has 2 aromatic rings. The molecule has 2 heterocycles. The maximum atomic E-state index is 11.9. The zero-order valence-corrected chi connectivity index (χ0v) is 11.6. The summed E-state index contributed by atoms with van der Waals surface area (Å²) < 4.78 is 5.29. The molecule has 4 nitrogen and oxygen atoms in total. The molecule has 1 saturated carbocycles. The zero-order valence-electron chi connectivity index (χ0n) is 10.8. The van der Waals surface area contributed by atoms with Crippen molar-refractivity contribution in [2.75, 3.05) is 0 Å². The molecule has 1 aliphatic rings. The molecule has 0 spiro atoms. The van der Waals surface area contributed by atoms with Crippen molar-refractivity contribution in [3.05, 3.63) is 29.5 Å². The lowest BCUT2D eigenvalue weighted by atomic mass is 10.2. The average molecular weight is 276 g/mol. The standard InChI is InChI=1S/C14H16N2O2S/c1-9(10-4-5-10)15-13(17)7-11-8-19-14(16-11)12-3-2-6-18-12/h2-3,6,8-10H,4-5,7H2,1H3,(H,15,17)/t9-/m0/s1. The van der Waals surface area contributed by atoms with Crippen molar-refractivity contribution >= 4 is 17.2 Å². The Kier molecular flexibility index (Phi) is 3.38. The Balaban J connectivity index is 1.59. The largest absolute Gasteiger partial charge is 0.462 e. The minimum atomic E-state index is 0.0516. The molecular formula is C14H16N2O2S. The Hall–Kier alpha value is -1.62. The molecule has 3 rings (SSSR count). The van der Waals surface area contributed by atoms with Gasteiger partial charge in [0, 0.05) is 11.4 Å². The summed E-state index contributed by atoms with van der Waals surface area (Å²) >= 11 is 1.50. The van der Waals surface area contributed by atoms with Crippen molar-refractivity contribution in [2.45, 2.75) is 32.2 Å². The molecule has 19 heavy (non-hydrogen) atoms. The maximum absolute atomic E-state index is 11.9. The average Bonchev–Trinajstić information content (AvgIpc) is 2.89. The number of thiazole rings is 1. The molecular weight excluding hydrogens is 260 g/mol. The van der Waals surface area contributed by atoms with E-state index < -0.39 is 0 Å². The van der Waals surface area contributed by atoms with Gasteiger partial charge in [-0.25, -0.2) is 4.98 Å². The first-order chi connectivity index (χ1) is 9.22. The van der Waals surface area contributed by atoms with E-state index in [1.807, 2.05) is 17.5 Å². The number of hydrogen-bond donors (Lipinski definition) is 1. The van der Waals surface area contributed by atoms with Crippen molar-refractivity contribution in [1.82, 2.24) is 10.3 Å². The summed E-state index contributed by atoms with van der Waals surface area (Å²) in [6.45, 7) is 2.07. The highest BCUT2D eigenvalue weighted by molar-refractivity contribution is 7.13. The fraction of sp³-hybridized carbons (Fsp3) is 0.429. The summed E-state index contributed by atoms with van der Waals surface area (Å²) in [7, 11) is 0. The molecule has 0 saturated heterocycles. The van der Waals surface area contributed by atoms with Crippen molar-refractivity contribution in [2.24, 2.45) is 5.92 Å². The van der Waals surface area contributed by atoms with Gasteiger partial charge in [0.1, 0.15) is 0 Å². The number of amides is 1. The van der Waals surface area contributed by atoms with Crippen LogP contribution in [0.5, 0.6) is 0 Å². The normalized spacial score (nSPS) is 16.3. The molecule has 0 aromatic carbocycles. The summed E-state index contributed by atoms with van der Waals surface area (Å²) in [5.41, 5.74) is 0.803. The SMILES string of the molecule is C[C@H](NC(=O)Cc1csc(-c2ccco2)n1)C1CC1. The third-order valence-corrected chi connectivity index (χ3v) is 4.25. The van der Waals surface area contributed by atoms with Gasteiger partial charge in [-0.15, -0.1) is 11.3 Å². The van der Waals surface area contributed by atoms with Gasteiger partial charge in [0.2, 0.25) is 5.91 Å². The number of carbonyl (C=O) groups is 1. The monoisotopic (exact) mass is 276 g/mol. The van der Waals surface area contributed by atoms with Gasteiger partial charge in [0.05, 0.1) is 18.4 Å². The summed E-state index contributed by atoms with van der Waals surface area (Å²) in [5.74, 6) is 1.48. The van der Waals surface area contributed by atoms with Crippen LogP contribution >= 0.6 is 11.3 Å². The number of carbonyl (C=O) groups excluding carboxylic acids is 1. The molecule has 5 heteroatoms. The van der Waals surface area contributed by atoms with Gasteiger partial charge in [0.25, 0.3) is 0 Å². The zero-order chi connectivity index (χ0) is 13.2. The quantitative estimate of drug-likeness (QED) is 0.913. The summed E-state index contributed by atoms with van der Waals surface area (Å²) in [6, 6.07) is 3.99. The predicted octanol–water partition coefficient (Wildman–Crippen LogP) is 2.86. The third-order valence-electron chi connectivity index (χ3n) is 3.34. The Bertz CT molecular complexity index is 558. The van der Waals surface area contributed by atoms with Gasteiger partial charge in [0.15, 0.2) is 10.8 Å². The second-order valence-corrected chi connectivity index (χ2v) is 5.85. The fourth-order valence-electron chi connectivity index (χ4n) is 2.09. The molecule has 1 aliphatic carbocycles. The number of nitrogens with one attached hydrogen (secondary N) is 1. The second kappa shape index (κ2) is 5.17. The predicted molar refractivity (Wildman–Crippen MR) is 73.8 cm³/mol. The Morgan fingerprint density at radius 1 is 1.63 bits per heavy atom. The van der Waals surface area contributed by atoms with E-state index in [1.165, 1.54) is 24.2 Å². The van der Waals surface area contributed by atoms with Gasteiger partial charge < -0.3 is 9.73 Å². The van der Waals surface area contributed by atoms with E-state index >= 15 is 0 Å². The first-order valence-electron chi connectivity index (χ1n) is 6.50. The van der Waals surface area contributed by atoms with Gasteiger partial charge in [-0.1, -0.05) is 0 Å². The molecule has 100 valence electrons. The third kappa shape index (κ3) is 3.04. The van der Waals surface area contributed by atoms with Gasteiger partial charge >= 0.3 is 0 Å². The number of hydrogen-bond acceptors (Lipinski definition) is 4. The van der Waals surface area contributed by atoms with Crippen molar-refractivity contribution < 1.29 is 9.21 Å². The Morgan fingerprint density at radius 2 is 2.47 bits per heavy atom. The van der Waals surface area contributed by atoms with Crippen LogP contribution in [-0.2, 0) is 11.2 Å². The first kappa shape index (κ1) is 12.4. The second-order valence-electron chi connectivity index (χ2n) is 4.99. The van der Waals surface area contributed by atoms with E-state index in [9.17, 15) is 4.79 Å². The maximum Gasteiger partial charge on any atom is 0.226 e. The number of nitrogens with zero attached hydrogens (tertiary/aromatic N) is 1. The van der Waals surface area contributed by atoms with Crippen LogP contribution in [0.2, 0.25) is 0 Å². The highest BCUT2D eigenvalue weighted by atomic mass is 32.1. The fourth-order valence-corrected chi connectivity index (χ4v) is 2.87. The van der Waals surface area contributed by atoms with E-state index in [4.69, 9.17) is 4.42 Å².